The fourth-order valence-electron chi connectivity index (χ4n) is 1.90. The lowest BCUT2D eigenvalue weighted by Crippen LogP contribution is -2.18. The van der Waals surface area contributed by atoms with E-state index in [2.05, 4.69) is 21.2 Å². The van der Waals surface area contributed by atoms with Crippen molar-refractivity contribution in [2.45, 2.75) is 19.4 Å². The molecule has 1 unspecified atom stereocenters. The van der Waals surface area contributed by atoms with E-state index in [1.54, 1.807) is 6.07 Å². The highest BCUT2D eigenvalue weighted by Crippen LogP contribution is 2.20. The maximum absolute atomic E-state index is 12.2. The summed E-state index contributed by atoms with van der Waals surface area (Å²) in [7, 11) is 0. The summed E-state index contributed by atoms with van der Waals surface area (Å²) in [4.78, 5) is 12.2. The van der Waals surface area contributed by atoms with Gasteiger partial charge in [-0.25, -0.2) is 0 Å². The number of amides is 1. The molecule has 0 radical (unpaired) electrons. The van der Waals surface area contributed by atoms with Gasteiger partial charge in [-0.05, 0) is 42.3 Å². The van der Waals surface area contributed by atoms with Crippen molar-refractivity contribution in [3.63, 3.8) is 0 Å². The molecular weight excluding hydrogens is 318 g/mol. The van der Waals surface area contributed by atoms with Gasteiger partial charge in [0, 0.05) is 10.2 Å². The van der Waals surface area contributed by atoms with Gasteiger partial charge in [-0.1, -0.05) is 40.2 Å². The Kier molecular flexibility index (Phi) is 4.93. The van der Waals surface area contributed by atoms with E-state index in [4.69, 9.17) is 5.11 Å². The van der Waals surface area contributed by atoms with Crippen molar-refractivity contribution >= 4 is 27.5 Å². The number of carbonyl (C=O) groups excluding carboxylic acids is 1. The minimum absolute atomic E-state index is 0.0357. The van der Waals surface area contributed by atoms with Crippen LogP contribution in [-0.4, -0.2) is 11.0 Å². The normalized spacial score (nSPS) is 11.9. The van der Waals surface area contributed by atoms with Gasteiger partial charge in [0.1, 0.15) is 0 Å². The van der Waals surface area contributed by atoms with Crippen LogP contribution in [-0.2, 0) is 11.4 Å². The molecule has 20 heavy (non-hydrogen) atoms. The third-order valence-corrected chi connectivity index (χ3v) is 3.67. The quantitative estimate of drug-likeness (QED) is 0.896. The Balaban J connectivity index is 2.09. The summed E-state index contributed by atoms with van der Waals surface area (Å²) in [6.45, 7) is 1.83. The second-order valence-corrected chi connectivity index (χ2v) is 5.54. The van der Waals surface area contributed by atoms with E-state index < -0.39 is 0 Å². The fourth-order valence-corrected chi connectivity index (χ4v) is 2.17. The first-order chi connectivity index (χ1) is 9.60. The summed E-state index contributed by atoms with van der Waals surface area (Å²) in [5, 5.41) is 12.0. The smallest absolute Gasteiger partial charge is 0.231 e. The molecule has 2 aromatic rings. The zero-order valence-corrected chi connectivity index (χ0v) is 12.7. The van der Waals surface area contributed by atoms with Crippen molar-refractivity contribution in [3.8, 4) is 0 Å². The standard InChI is InChI=1S/C16H16BrNO2/c1-11(13-5-7-14(17)8-6-13)16(20)18-15-4-2-3-12(9-15)10-19/h2-9,11,19H,10H2,1H3,(H,18,20). The number of benzene rings is 2. The first-order valence-electron chi connectivity index (χ1n) is 6.36. The van der Waals surface area contributed by atoms with Crippen LogP contribution >= 0.6 is 15.9 Å². The summed E-state index contributed by atoms with van der Waals surface area (Å²) >= 11 is 3.38. The molecule has 0 aromatic heterocycles. The van der Waals surface area contributed by atoms with E-state index in [1.807, 2.05) is 49.4 Å². The number of anilines is 1. The highest BCUT2D eigenvalue weighted by Gasteiger charge is 2.15. The van der Waals surface area contributed by atoms with E-state index >= 15 is 0 Å². The molecule has 2 aromatic carbocycles. The van der Waals surface area contributed by atoms with Crippen molar-refractivity contribution in [2.24, 2.45) is 0 Å². The zero-order chi connectivity index (χ0) is 14.5. The average Bonchev–Trinajstić information content (AvgIpc) is 2.47. The minimum Gasteiger partial charge on any atom is -0.392 e. The Hall–Kier alpha value is -1.65. The van der Waals surface area contributed by atoms with Crippen molar-refractivity contribution < 1.29 is 9.90 Å². The number of hydrogen-bond acceptors (Lipinski definition) is 2. The maximum atomic E-state index is 12.2. The first kappa shape index (κ1) is 14.8. The largest absolute Gasteiger partial charge is 0.392 e. The van der Waals surface area contributed by atoms with Gasteiger partial charge in [0.15, 0.2) is 0 Å². The van der Waals surface area contributed by atoms with Crippen LogP contribution in [0.15, 0.2) is 53.0 Å². The summed E-state index contributed by atoms with van der Waals surface area (Å²) in [5.74, 6) is -0.303. The predicted octanol–water partition coefficient (Wildman–Crippen LogP) is 3.68. The second-order valence-electron chi connectivity index (χ2n) is 4.62. The molecule has 0 heterocycles. The number of rotatable bonds is 4. The van der Waals surface area contributed by atoms with Gasteiger partial charge >= 0.3 is 0 Å². The SMILES string of the molecule is CC(C(=O)Nc1cccc(CO)c1)c1ccc(Br)cc1. The Bertz CT molecular complexity index is 596. The Morgan fingerprint density at radius 3 is 2.60 bits per heavy atom. The van der Waals surface area contributed by atoms with Gasteiger partial charge in [-0.3, -0.25) is 4.79 Å². The highest BCUT2D eigenvalue weighted by atomic mass is 79.9. The molecule has 104 valence electrons. The molecule has 0 saturated carbocycles. The highest BCUT2D eigenvalue weighted by molar-refractivity contribution is 9.10. The molecule has 0 aliphatic carbocycles. The Labute approximate surface area is 126 Å². The van der Waals surface area contributed by atoms with Crippen LogP contribution in [0.2, 0.25) is 0 Å². The summed E-state index contributed by atoms with van der Waals surface area (Å²) in [6, 6.07) is 14.9. The van der Waals surface area contributed by atoms with Crippen molar-refractivity contribution in [1.29, 1.82) is 0 Å². The van der Waals surface area contributed by atoms with Crippen LogP contribution in [0, 0.1) is 0 Å². The first-order valence-corrected chi connectivity index (χ1v) is 7.15. The van der Waals surface area contributed by atoms with E-state index in [-0.39, 0.29) is 18.4 Å². The van der Waals surface area contributed by atoms with Crippen molar-refractivity contribution in [3.05, 3.63) is 64.1 Å². The van der Waals surface area contributed by atoms with Crippen LogP contribution in [0.4, 0.5) is 5.69 Å². The van der Waals surface area contributed by atoms with Crippen LogP contribution < -0.4 is 5.32 Å². The lowest BCUT2D eigenvalue weighted by Gasteiger charge is -2.13. The van der Waals surface area contributed by atoms with Crippen LogP contribution in [0.1, 0.15) is 24.0 Å². The lowest BCUT2D eigenvalue weighted by atomic mass is 10.0. The summed E-state index contributed by atoms with van der Waals surface area (Å²) < 4.78 is 0.990. The third-order valence-electron chi connectivity index (χ3n) is 3.14. The molecule has 0 spiro atoms. The molecule has 0 fully saturated rings. The molecule has 1 amide bonds. The molecule has 0 bridgehead atoms. The number of carbonyl (C=O) groups is 1. The topological polar surface area (TPSA) is 49.3 Å². The van der Waals surface area contributed by atoms with Crippen molar-refractivity contribution in [1.82, 2.24) is 0 Å². The average molecular weight is 334 g/mol. The van der Waals surface area contributed by atoms with Crippen LogP contribution in [0.25, 0.3) is 0 Å². The number of halogens is 1. The van der Waals surface area contributed by atoms with E-state index in [9.17, 15) is 4.79 Å². The number of nitrogens with one attached hydrogen (secondary N) is 1. The zero-order valence-electron chi connectivity index (χ0n) is 11.1. The van der Waals surface area contributed by atoms with Crippen LogP contribution in [0.5, 0.6) is 0 Å². The van der Waals surface area contributed by atoms with Gasteiger partial charge in [-0.2, -0.15) is 0 Å². The molecular formula is C16H16BrNO2. The Morgan fingerprint density at radius 2 is 1.95 bits per heavy atom. The van der Waals surface area contributed by atoms with Crippen LogP contribution in [0.3, 0.4) is 0 Å². The van der Waals surface area contributed by atoms with E-state index in [0.717, 1.165) is 15.6 Å². The lowest BCUT2D eigenvalue weighted by molar-refractivity contribution is -0.117. The van der Waals surface area contributed by atoms with Gasteiger partial charge in [0.2, 0.25) is 5.91 Å². The molecule has 2 rings (SSSR count). The minimum atomic E-state index is -0.235. The van der Waals surface area contributed by atoms with Gasteiger partial charge < -0.3 is 10.4 Å². The molecule has 0 aliphatic heterocycles. The monoisotopic (exact) mass is 333 g/mol. The second kappa shape index (κ2) is 6.68. The number of aliphatic hydroxyl groups excluding tert-OH is 1. The molecule has 4 heteroatoms. The predicted molar refractivity (Wildman–Crippen MR) is 83.6 cm³/mol. The molecule has 0 saturated heterocycles. The van der Waals surface area contributed by atoms with Crippen molar-refractivity contribution in [2.75, 3.05) is 5.32 Å². The molecule has 3 nitrogen and oxygen atoms in total. The molecule has 0 aliphatic rings. The van der Waals surface area contributed by atoms with E-state index in [0.29, 0.717) is 5.69 Å². The van der Waals surface area contributed by atoms with E-state index in [1.165, 1.54) is 0 Å². The number of hydrogen-bond donors (Lipinski definition) is 2. The maximum Gasteiger partial charge on any atom is 0.231 e. The van der Waals surface area contributed by atoms with Gasteiger partial charge in [-0.15, -0.1) is 0 Å². The number of aliphatic hydroxyl groups is 1. The molecule has 1 atom stereocenters. The third kappa shape index (κ3) is 3.68. The molecule has 2 N–H and O–H groups in total. The van der Waals surface area contributed by atoms with Gasteiger partial charge in [0.25, 0.3) is 0 Å². The fraction of sp³-hybridized carbons (Fsp3) is 0.188. The summed E-state index contributed by atoms with van der Waals surface area (Å²) in [5.41, 5.74) is 2.44. The van der Waals surface area contributed by atoms with Gasteiger partial charge in [0.05, 0.1) is 12.5 Å². The Morgan fingerprint density at radius 1 is 1.25 bits per heavy atom. The summed E-state index contributed by atoms with van der Waals surface area (Å²) in [6.07, 6.45) is 0.